The Labute approximate surface area is 245 Å². The lowest BCUT2D eigenvalue weighted by Crippen LogP contribution is -2.63. The third-order valence-corrected chi connectivity index (χ3v) is 10.9. The van der Waals surface area contributed by atoms with Gasteiger partial charge in [0.1, 0.15) is 11.5 Å². The number of ether oxygens (including phenoxy) is 1. The smallest absolute Gasteiger partial charge is 0.251 e. The molecule has 0 N–H and O–H groups in total. The van der Waals surface area contributed by atoms with Gasteiger partial charge >= 0.3 is 0 Å². The zero-order valence-corrected chi connectivity index (χ0v) is 24.8. The van der Waals surface area contributed by atoms with E-state index in [1.54, 1.807) is 5.57 Å². The predicted molar refractivity (Wildman–Crippen MR) is 173 cm³/mol. The van der Waals surface area contributed by atoms with Gasteiger partial charge in [0.05, 0.1) is 0 Å². The maximum absolute atomic E-state index is 6.88. The maximum Gasteiger partial charge on any atom is 0.251 e. The molecule has 0 saturated heterocycles. The van der Waals surface area contributed by atoms with E-state index >= 15 is 0 Å². The van der Waals surface area contributed by atoms with Crippen molar-refractivity contribution in [2.75, 3.05) is 4.90 Å². The van der Waals surface area contributed by atoms with Gasteiger partial charge in [0.2, 0.25) is 0 Å². The summed E-state index contributed by atoms with van der Waals surface area (Å²) in [6.07, 6.45) is 7.00. The molecule has 0 amide bonds. The Bertz CT molecular complexity index is 1740. The predicted octanol–water partition coefficient (Wildman–Crippen LogP) is 7.99. The average molecular weight is 536 g/mol. The zero-order valence-electron chi connectivity index (χ0n) is 24.8. The highest BCUT2D eigenvalue weighted by molar-refractivity contribution is 6.98. The van der Waals surface area contributed by atoms with Gasteiger partial charge in [-0.2, -0.15) is 0 Å². The number of nitrogens with zero attached hydrogens (tertiary/aromatic N) is 1. The Morgan fingerprint density at radius 2 is 1.46 bits per heavy atom. The van der Waals surface area contributed by atoms with Crippen LogP contribution < -0.4 is 26.0 Å². The van der Waals surface area contributed by atoms with Crippen LogP contribution in [-0.2, 0) is 10.8 Å². The number of anilines is 2. The average Bonchev–Trinajstić information content (AvgIpc) is 3.01. The molecule has 4 aromatic rings. The molecule has 0 spiro atoms. The Hall–Kier alpha value is -3.72. The first-order valence-electron chi connectivity index (χ1n) is 15.7. The molecule has 0 saturated carbocycles. The minimum Gasteiger partial charge on any atom is -0.458 e. The SMILES string of the molecule is CCC1(CC)c2ccccc2B2c3ccc(N4C5=C(CCCC5)C(C)(C)c5ccccc54)cc3Oc3cccc1c32. The molecular weight excluding hydrogens is 497 g/mol. The van der Waals surface area contributed by atoms with Gasteiger partial charge in [-0.15, -0.1) is 0 Å². The van der Waals surface area contributed by atoms with Crippen molar-refractivity contribution in [2.45, 2.75) is 77.0 Å². The molecule has 4 aromatic carbocycles. The molecular formula is C38H38BNO. The summed E-state index contributed by atoms with van der Waals surface area (Å²) in [5.41, 5.74) is 14.2. The van der Waals surface area contributed by atoms with Gasteiger partial charge in [-0.1, -0.05) is 93.8 Å². The van der Waals surface area contributed by atoms with E-state index in [0.29, 0.717) is 0 Å². The second kappa shape index (κ2) is 8.89. The van der Waals surface area contributed by atoms with Crippen LogP contribution in [0, 0.1) is 0 Å². The summed E-state index contributed by atoms with van der Waals surface area (Å²) in [5, 5.41) is 0. The Morgan fingerprint density at radius 1 is 0.732 bits per heavy atom. The van der Waals surface area contributed by atoms with Gasteiger partial charge in [-0.3, -0.25) is 0 Å². The van der Waals surface area contributed by atoms with E-state index in [0.717, 1.165) is 30.8 Å². The molecule has 3 aliphatic heterocycles. The zero-order chi connectivity index (χ0) is 27.9. The highest BCUT2D eigenvalue weighted by Gasteiger charge is 2.47. The number of para-hydroxylation sites is 1. The van der Waals surface area contributed by atoms with Crippen LogP contribution in [0.2, 0.25) is 0 Å². The highest BCUT2D eigenvalue weighted by Crippen LogP contribution is 2.52. The second-order valence-corrected chi connectivity index (χ2v) is 13.0. The summed E-state index contributed by atoms with van der Waals surface area (Å²) in [4.78, 5) is 2.55. The minimum atomic E-state index is 0.0212. The van der Waals surface area contributed by atoms with Crippen molar-refractivity contribution in [1.29, 1.82) is 0 Å². The van der Waals surface area contributed by atoms with Crippen LogP contribution in [0.15, 0.2) is 96.2 Å². The molecule has 0 fully saturated rings. The standard InChI is InChI=1S/C38H38BNO/c1-5-38(6-2)26-14-7-10-18-30(26)39-31-23-22-25(24-35(31)41-34-21-13-17-29(38)36(34)39)40-32-19-11-8-15-27(32)37(3,4)28-16-9-12-20-33(28)40/h7-8,10-11,13-15,17-19,21-24H,5-6,9,12,16,20H2,1-4H3. The fourth-order valence-electron chi connectivity index (χ4n) is 8.88. The van der Waals surface area contributed by atoms with Crippen LogP contribution in [0.25, 0.3) is 0 Å². The molecule has 204 valence electrons. The molecule has 0 unspecified atom stereocenters. The number of allylic oxidation sites excluding steroid dienone is 2. The maximum atomic E-state index is 6.88. The largest absolute Gasteiger partial charge is 0.458 e. The first kappa shape index (κ1) is 25.0. The molecule has 41 heavy (non-hydrogen) atoms. The van der Waals surface area contributed by atoms with Crippen LogP contribution in [0.5, 0.6) is 11.5 Å². The topological polar surface area (TPSA) is 12.5 Å². The van der Waals surface area contributed by atoms with Gasteiger partial charge in [0.15, 0.2) is 0 Å². The first-order chi connectivity index (χ1) is 20.0. The third kappa shape index (κ3) is 3.27. The summed E-state index contributed by atoms with van der Waals surface area (Å²) in [6, 6.07) is 32.0. The molecule has 0 aromatic heterocycles. The molecule has 2 nitrogen and oxygen atoms in total. The number of fused-ring (bicyclic) bond motifs is 5. The molecule has 0 atom stereocenters. The van der Waals surface area contributed by atoms with E-state index in [-0.39, 0.29) is 17.5 Å². The highest BCUT2D eigenvalue weighted by atomic mass is 16.5. The third-order valence-electron chi connectivity index (χ3n) is 10.9. The number of benzene rings is 4. The van der Waals surface area contributed by atoms with E-state index in [1.807, 2.05) is 0 Å². The molecule has 3 heteroatoms. The molecule has 8 rings (SSSR count). The van der Waals surface area contributed by atoms with Crippen molar-refractivity contribution < 1.29 is 4.74 Å². The lowest BCUT2D eigenvalue weighted by molar-refractivity contribution is 0.465. The van der Waals surface area contributed by atoms with Gasteiger partial charge < -0.3 is 9.64 Å². The molecule has 0 bridgehead atoms. The Kier molecular flexibility index (Phi) is 5.43. The van der Waals surface area contributed by atoms with Crippen molar-refractivity contribution in [1.82, 2.24) is 0 Å². The summed E-state index contributed by atoms with van der Waals surface area (Å²) >= 11 is 0. The lowest BCUT2D eigenvalue weighted by Gasteiger charge is -2.46. The lowest BCUT2D eigenvalue weighted by atomic mass is 9.30. The molecule has 1 aliphatic carbocycles. The van der Waals surface area contributed by atoms with E-state index in [2.05, 4.69) is 118 Å². The number of hydrogen-bond acceptors (Lipinski definition) is 2. The van der Waals surface area contributed by atoms with E-state index in [4.69, 9.17) is 4.74 Å². The summed E-state index contributed by atoms with van der Waals surface area (Å²) in [6.45, 7) is 9.72. The van der Waals surface area contributed by atoms with Crippen molar-refractivity contribution in [3.63, 3.8) is 0 Å². The van der Waals surface area contributed by atoms with Crippen molar-refractivity contribution >= 4 is 34.5 Å². The van der Waals surface area contributed by atoms with E-state index < -0.39 is 0 Å². The van der Waals surface area contributed by atoms with Crippen LogP contribution in [0.3, 0.4) is 0 Å². The Morgan fingerprint density at radius 3 is 2.29 bits per heavy atom. The first-order valence-corrected chi connectivity index (χ1v) is 15.7. The fraction of sp³-hybridized carbons (Fsp3) is 0.316. The monoisotopic (exact) mass is 535 g/mol. The molecule has 4 aliphatic rings. The fourth-order valence-corrected chi connectivity index (χ4v) is 8.88. The van der Waals surface area contributed by atoms with Gasteiger partial charge in [-0.25, -0.2) is 0 Å². The van der Waals surface area contributed by atoms with Crippen LogP contribution in [0.1, 0.15) is 82.9 Å². The van der Waals surface area contributed by atoms with Crippen molar-refractivity contribution in [3.05, 3.63) is 113 Å². The number of hydrogen-bond donors (Lipinski definition) is 0. The second-order valence-electron chi connectivity index (χ2n) is 13.0. The minimum absolute atomic E-state index is 0.0212. The number of rotatable bonds is 3. The normalized spacial score (nSPS) is 18.9. The quantitative estimate of drug-likeness (QED) is 0.217. The van der Waals surface area contributed by atoms with Gasteiger partial charge in [-0.05, 0) is 89.9 Å². The summed E-state index contributed by atoms with van der Waals surface area (Å²) in [7, 11) is 0. The van der Waals surface area contributed by atoms with Crippen LogP contribution in [0.4, 0.5) is 11.4 Å². The van der Waals surface area contributed by atoms with Crippen LogP contribution in [-0.4, -0.2) is 6.71 Å². The molecule has 3 heterocycles. The van der Waals surface area contributed by atoms with E-state index in [9.17, 15) is 0 Å². The van der Waals surface area contributed by atoms with E-state index in [1.165, 1.54) is 69.4 Å². The Balaban J connectivity index is 1.33. The molecule has 0 radical (unpaired) electrons. The summed E-state index contributed by atoms with van der Waals surface area (Å²) < 4.78 is 6.88. The van der Waals surface area contributed by atoms with Crippen molar-refractivity contribution in [3.8, 4) is 11.5 Å². The van der Waals surface area contributed by atoms with Gasteiger partial charge in [0.25, 0.3) is 6.71 Å². The summed E-state index contributed by atoms with van der Waals surface area (Å²) in [5.74, 6) is 2.02. The van der Waals surface area contributed by atoms with Crippen molar-refractivity contribution in [2.24, 2.45) is 0 Å². The van der Waals surface area contributed by atoms with Crippen LogP contribution >= 0.6 is 0 Å². The van der Waals surface area contributed by atoms with Gasteiger partial charge in [0, 0.05) is 34.0 Å².